The Morgan fingerprint density at radius 1 is 1.45 bits per heavy atom. The van der Waals surface area contributed by atoms with Crippen LogP contribution in [0.1, 0.15) is 32.6 Å². The van der Waals surface area contributed by atoms with Gasteiger partial charge in [-0.05, 0) is 18.8 Å². The van der Waals surface area contributed by atoms with E-state index in [0.717, 1.165) is 18.5 Å². The standard InChI is InChI=1S/C10H19N/c1-3-8-11-10-7-5-4-6-9(10)2/h3,9-11H,1,4-8H2,2H3. The van der Waals surface area contributed by atoms with E-state index in [1.54, 1.807) is 0 Å². The Morgan fingerprint density at radius 3 is 2.82 bits per heavy atom. The van der Waals surface area contributed by atoms with Gasteiger partial charge >= 0.3 is 0 Å². The summed E-state index contributed by atoms with van der Waals surface area (Å²) in [6, 6.07) is 0.752. The van der Waals surface area contributed by atoms with Crippen molar-refractivity contribution in [3.8, 4) is 0 Å². The van der Waals surface area contributed by atoms with Gasteiger partial charge in [0, 0.05) is 12.6 Å². The van der Waals surface area contributed by atoms with Crippen LogP contribution in [0.5, 0.6) is 0 Å². The van der Waals surface area contributed by atoms with Crippen LogP contribution in [-0.4, -0.2) is 12.6 Å². The zero-order chi connectivity index (χ0) is 8.10. The van der Waals surface area contributed by atoms with Crippen molar-refractivity contribution < 1.29 is 0 Å². The molecule has 0 aromatic rings. The lowest BCUT2D eigenvalue weighted by molar-refractivity contribution is 0.288. The van der Waals surface area contributed by atoms with Gasteiger partial charge in [-0.3, -0.25) is 0 Å². The van der Waals surface area contributed by atoms with Crippen molar-refractivity contribution in [2.24, 2.45) is 5.92 Å². The maximum absolute atomic E-state index is 3.71. The van der Waals surface area contributed by atoms with Crippen LogP contribution >= 0.6 is 0 Å². The van der Waals surface area contributed by atoms with Crippen LogP contribution in [0, 0.1) is 5.92 Å². The molecule has 1 rings (SSSR count). The highest BCUT2D eigenvalue weighted by atomic mass is 14.9. The minimum absolute atomic E-state index is 0.752. The molecule has 0 aromatic heterocycles. The predicted molar refractivity (Wildman–Crippen MR) is 49.6 cm³/mol. The van der Waals surface area contributed by atoms with E-state index in [-0.39, 0.29) is 0 Å². The van der Waals surface area contributed by atoms with Crippen LogP contribution in [0.2, 0.25) is 0 Å². The lowest BCUT2D eigenvalue weighted by Gasteiger charge is -2.29. The van der Waals surface area contributed by atoms with Gasteiger partial charge in [-0.25, -0.2) is 0 Å². The van der Waals surface area contributed by atoms with Crippen molar-refractivity contribution in [3.63, 3.8) is 0 Å². The van der Waals surface area contributed by atoms with Gasteiger partial charge in [0.15, 0.2) is 0 Å². The third-order valence-electron chi connectivity index (χ3n) is 2.64. The minimum Gasteiger partial charge on any atom is -0.310 e. The van der Waals surface area contributed by atoms with Gasteiger partial charge < -0.3 is 5.32 Å². The molecule has 1 aliphatic rings. The first kappa shape index (κ1) is 8.79. The van der Waals surface area contributed by atoms with Crippen molar-refractivity contribution in [1.82, 2.24) is 5.32 Å². The maximum Gasteiger partial charge on any atom is 0.0134 e. The summed E-state index contributed by atoms with van der Waals surface area (Å²) in [4.78, 5) is 0. The van der Waals surface area contributed by atoms with Gasteiger partial charge in [0.25, 0.3) is 0 Å². The van der Waals surface area contributed by atoms with Crippen LogP contribution in [0.3, 0.4) is 0 Å². The first-order valence-corrected chi connectivity index (χ1v) is 4.69. The Hall–Kier alpha value is -0.300. The molecular formula is C10H19N. The van der Waals surface area contributed by atoms with Gasteiger partial charge in [0.1, 0.15) is 0 Å². The molecule has 0 amide bonds. The Balaban J connectivity index is 2.23. The molecule has 2 atom stereocenters. The van der Waals surface area contributed by atoms with Gasteiger partial charge in [0.2, 0.25) is 0 Å². The maximum atomic E-state index is 3.71. The average molecular weight is 153 g/mol. The fourth-order valence-electron chi connectivity index (χ4n) is 1.85. The second-order valence-electron chi connectivity index (χ2n) is 3.57. The molecule has 0 aromatic carbocycles. The molecule has 1 aliphatic carbocycles. The molecule has 11 heavy (non-hydrogen) atoms. The molecule has 1 heteroatoms. The predicted octanol–water partition coefficient (Wildman–Crippen LogP) is 2.34. The molecule has 0 heterocycles. The van der Waals surface area contributed by atoms with Crippen LogP contribution in [0.25, 0.3) is 0 Å². The molecule has 1 N–H and O–H groups in total. The summed E-state index contributed by atoms with van der Waals surface area (Å²) in [5.41, 5.74) is 0. The van der Waals surface area contributed by atoms with E-state index in [4.69, 9.17) is 0 Å². The monoisotopic (exact) mass is 153 g/mol. The Morgan fingerprint density at radius 2 is 2.18 bits per heavy atom. The largest absolute Gasteiger partial charge is 0.310 e. The van der Waals surface area contributed by atoms with Crippen molar-refractivity contribution in [2.45, 2.75) is 38.6 Å². The minimum atomic E-state index is 0.752. The summed E-state index contributed by atoms with van der Waals surface area (Å²) in [5, 5.41) is 3.50. The van der Waals surface area contributed by atoms with Crippen LogP contribution in [-0.2, 0) is 0 Å². The van der Waals surface area contributed by atoms with Gasteiger partial charge in [-0.15, -0.1) is 6.58 Å². The molecule has 0 bridgehead atoms. The molecule has 0 radical (unpaired) electrons. The number of nitrogens with one attached hydrogen (secondary N) is 1. The molecule has 0 aliphatic heterocycles. The molecule has 0 saturated heterocycles. The summed E-state index contributed by atoms with van der Waals surface area (Å²) in [7, 11) is 0. The third-order valence-corrected chi connectivity index (χ3v) is 2.64. The average Bonchev–Trinajstić information content (AvgIpc) is 2.03. The van der Waals surface area contributed by atoms with Gasteiger partial charge in [0.05, 0.1) is 0 Å². The van der Waals surface area contributed by atoms with E-state index in [9.17, 15) is 0 Å². The highest BCUT2D eigenvalue weighted by molar-refractivity contribution is 4.81. The zero-order valence-electron chi connectivity index (χ0n) is 7.47. The second-order valence-corrected chi connectivity index (χ2v) is 3.57. The lowest BCUT2D eigenvalue weighted by Crippen LogP contribution is -2.37. The number of rotatable bonds is 3. The molecule has 2 unspecified atom stereocenters. The summed E-state index contributed by atoms with van der Waals surface area (Å²) in [6.45, 7) is 7.02. The lowest BCUT2D eigenvalue weighted by atomic mass is 9.86. The van der Waals surface area contributed by atoms with Crippen molar-refractivity contribution in [3.05, 3.63) is 12.7 Å². The van der Waals surface area contributed by atoms with E-state index < -0.39 is 0 Å². The van der Waals surface area contributed by atoms with Crippen LogP contribution in [0.4, 0.5) is 0 Å². The SMILES string of the molecule is C=CCNC1CCCCC1C. The molecule has 1 nitrogen and oxygen atoms in total. The number of hydrogen-bond donors (Lipinski definition) is 1. The van der Waals surface area contributed by atoms with E-state index >= 15 is 0 Å². The molecule has 0 spiro atoms. The highest BCUT2D eigenvalue weighted by Crippen LogP contribution is 2.23. The van der Waals surface area contributed by atoms with E-state index in [1.807, 2.05) is 6.08 Å². The smallest absolute Gasteiger partial charge is 0.0134 e. The summed E-state index contributed by atoms with van der Waals surface area (Å²) in [5.74, 6) is 0.865. The topological polar surface area (TPSA) is 12.0 Å². The molecule has 64 valence electrons. The first-order chi connectivity index (χ1) is 5.34. The Bertz CT molecular complexity index is 120. The molecule has 1 saturated carbocycles. The quantitative estimate of drug-likeness (QED) is 0.614. The van der Waals surface area contributed by atoms with Crippen molar-refractivity contribution in [2.75, 3.05) is 6.54 Å². The highest BCUT2D eigenvalue weighted by Gasteiger charge is 2.19. The second kappa shape index (κ2) is 4.55. The van der Waals surface area contributed by atoms with Gasteiger partial charge in [-0.1, -0.05) is 25.8 Å². The van der Waals surface area contributed by atoms with E-state index in [0.29, 0.717) is 0 Å². The third kappa shape index (κ3) is 2.66. The Kier molecular flexibility index (Phi) is 3.64. The van der Waals surface area contributed by atoms with Crippen LogP contribution in [0.15, 0.2) is 12.7 Å². The van der Waals surface area contributed by atoms with Gasteiger partial charge in [-0.2, -0.15) is 0 Å². The van der Waals surface area contributed by atoms with Crippen molar-refractivity contribution >= 4 is 0 Å². The molecule has 1 fully saturated rings. The molecular weight excluding hydrogens is 134 g/mol. The fourth-order valence-corrected chi connectivity index (χ4v) is 1.85. The van der Waals surface area contributed by atoms with E-state index in [2.05, 4.69) is 18.8 Å². The first-order valence-electron chi connectivity index (χ1n) is 4.69. The number of hydrogen-bond acceptors (Lipinski definition) is 1. The fraction of sp³-hybridized carbons (Fsp3) is 0.800. The van der Waals surface area contributed by atoms with Crippen LogP contribution < -0.4 is 5.32 Å². The normalized spacial score (nSPS) is 31.7. The summed E-state index contributed by atoms with van der Waals surface area (Å²) in [6.07, 6.45) is 7.53. The van der Waals surface area contributed by atoms with Crippen molar-refractivity contribution in [1.29, 1.82) is 0 Å². The summed E-state index contributed by atoms with van der Waals surface area (Å²) < 4.78 is 0. The summed E-state index contributed by atoms with van der Waals surface area (Å²) >= 11 is 0. The van der Waals surface area contributed by atoms with E-state index in [1.165, 1.54) is 25.7 Å². The Labute approximate surface area is 69.9 Å². The zero-order valence-corrected chi connectivity index (χ0v) is 7.47.